The van der Waals surface area contributed by atoms with Gasteiger partial charge in [0.1, 0.15) is 0 Å². The average molecular weight is 202 g/mol. The molecule has 0 rings (SSSR count). The number of rotatable bonds is 5. The first-order valence-corrected chi connectivity index (χ1v) is 4.60. The molecule has 0 aliphatic heterocycles. The average Bonchev–Trinajstić information content (AvgIpc) is 2.13. The molecule has 0 fully saturated rings. The Bertz CT molecular complexity index is 240. The Morgan fingerprint density at radius 2 is 1.86 bits per heavy atom. The van der Waals surface area contributed by atoms with E-state index in [1.807, 2.05) is 0 Å². The van der Waals surface area contributed by atoms with Crippen molar-refractivity contribution < 1.29 is 14.7 Å². The highest BCUT2D eigenvalue weighted by Gasteiger charge is 2.47. The van der Waals surface area contributed by atoms with Crippen molar-refractivity contribution in [3.63, 3.8) is 0 Å². The van der Waals surface area contributed by atoms with E-state index in [1.54, 1.807) is 13.8 Å². The minimum Gasteiger partial charge on any atom is -0.480 e. The van der Waals surface area contributed by atoms with Crippen LogP contribution in [-0.4, -0.2) is 28.4 Å². The van der Waals surface area contributed by atoms with E-state index in [4.69, 9.17) is 16.6 Å². The first-order chi connectivity index (χ1) is 6.28. The molecule has 0 heterocycles. The third-order valence-corrected chi connectivity index (χ3v) is 2.56. The molecule has 0 aromatic heterocycles. The molecule has 82 valence electrons. The summed E-state index contributed by atoms with van der Waals surface area (Å²) in [6.45, 7) is 4.85. The van der Waals surface area contributed by atoms with Crippen LogP contribution in [-0.2, 0) is 9.59 Å². The SMILES string of the molecule is CC[C@H](C)[C@](N)(C(=O)O)C(=O)[C@H](C)N. The van der Waals surface area contributed by atoms with Gasteiger partial charge in [0, 0.05) is 0 Å². The second-order valence-electron chi connectivity index (χ2n) is 3.64. The van der Waals surface area contributed by atoms with Gasteiger partial charge < -0.3 is 16.6 Å². The van der Waals surface area contributed by atoms with Crippen LogP contribution >= 0.6 is 0 Å². The van der Waals surface area contributed by atoms with E-state index in [9.17, 15) is 9.59 Å². The van der Waals surface area contributed by atoms with E-state index in [2.05, 4.69) is 0 Å². The van der Waals surface area contributed by atoms with E-state index in [-0.39, 0.29) is 0 Å². The predicted octanol–water partition coefficient (Wildman–Crippen LogP) is -0.269. The molecule has 0 unspecified atom stereocenters. The standard InChI is InChI=1S/C9H18N2O3/c1-4-5(2)9(11,8(13)14)7(12)6(3)10/h5-6H,4,10-11H2,1-3H3,(H,13,14)/t5-,6-,9+/m0/s1. The maximum atomic E-state index is 11.6. The van der Waals surface area contributed by atoms with Crippen LogP contribution in [0.2, 0.25) is 0 Å². The summed E-state index contributed by atoms with van der Waals surface area (Å²) in [5.41, 5.74) is 9.11. The van der Waals surface area contributed by atoms with Gasteiger partial charge in [-0.1, -0.05) is 20.3 Å². The number of carbonyl (C=O) groups is 2. The van der Waals surface area contributed by atoms with E-state index >= 15 is 0 Å². The molecule has 0 aliphatic rings. The van der Waals surface area contributed by atoms with Crippen LogP contribution in [0.15, 0.2) is 0 Å². The summed E-state index contributed by atoms with van der Waals surface area (Å²) in [5, 5.41) is 8.95. The fourth-order valence-electron chi connectivity index (χ4n) is 1.26. The highest BCUT2D eigenvalue weighted by Crippen LogP contribution is 2.20. The molecular weight excluding hydrogens is 184 g/mol. The molecule has 0 saturated carbocycles. The third-order valence-electron chi connectivity index (χ3n) is 2.56. The molecule has 0 spiro atoms. The van der Waals surface area contributed by atoms with Crippen molar-refractivity contribution >= 4 is 11.8 Å². The van der Waals surface area contributed by atoms with Crippen molar-refractivity contribution in [3.8, 4) is 0 Å². The van der Waals surface area contributed by atoms with E-state index < -0.39 is 29.3 Å². The maximum Gasteiger partial charge on any atom is 0.331 e. The molecule has 5 heteroatoms. The summed E-state index contributed by atoms with van der Waals surface area (Å²) in [4.78, 5) is 22.5. The van der Waals surface area contributed by atoms with Crippen LogP contribution in [0.25, 0.3) is 0 Å². The smallest absolute Gasteiger partial charge is 0.331 e. The van der Waals surface area contributed by atoms with Crippen LogP contribution in [0.4, 0.5) is 0 Å². The normalized spacial score (nSPS) is 19.5. The Balaban J connectivity index is 5.10. The van der Waals surface area contributed by atoms with E-state index in [0.717, 1.165) is 0 Å². The molecule has 3 atom stereocenters. The van der Waals surface area contributed by atoms with Gasteiger partial charge in [0.2, 0.25) is 0 Å². The summed E-state index contributed by atoms with van der Waals surface area (Å²) in [6.07, 6.45) is 0.515. The summed E-state index contributed by atoms with van der Waals surface area (Å²) < 4.78 is 0. The van der Waals surface area contributed by atoms with Crippen molar-refractivity contribution in [1.82, 2.24) is 0 Å². The van der Waals surface area contributed by atoms with Crippen molar-refractivity contribution in [2.75, 3.05) is 0 Å². The van der Waals surface area contributed by atoms with Crippen LogP contribution in [0.3, 0.4) is 0 Å². The largest absolute Gasteiger partial charge is 0.480 e. The molecule has 0 bridgehead atoms. The molecule has 14 heavy (non-hydrogen) atoms. The zero-order chi connectivity index (χ0) is 11.5. The van der Waals surface area contributed by atoms with E-state index in [0.29, 0.717) is 6.42 Å². The zero-order valence-corrected chi connectivity index (χ0v) is 8.78. The second-order valence-corrected chi connectivity index (χ2v) is 3.64. The van der Waals surface area contributed by atoms with Crippen molar-refractivity contribution in [2.24, 2.45) is 17.4 Å². The van der Waals surface area contributed by atoms with Gasteiger partial charge in [0.15, 0.2) is 11.3 Å². The van der Waals surface area contributed by atoms with Crippen LogP contribution in [0.5, 0.6) is 0 Å². The number of carboxylic acids is 1. The van der Waals surface area contributed by atoms with Crippen molar-refractivity contribution in [3.05, 3.63) is 0 Å². The molecular formula is C9H18N2O3. The minimum atomic E-state index is -1.86. The number of carboxylic acid groups (broad SMARTS) is 1. The summed E-state index contributed by atoms with van der Waals surface area (Å²) in [7, 11) is 0. The van der Waals surface area contributed by atoms with Gasteiger partial charge in [-0.2, -0.15) is 0 Å². The first kappa shape index (κ1) is 13.1. The van der Waals surface area contributed by atoms with Crippen molar-refractivity contribution in [1.29, 1.82) is 0 Å². The fourth-order valence-corrected chi connectivity index (χ4v) is 1.26. The quantitative estimate of drug-likeness (QED) is 0.532. The highest BCUT2D eigenvalue weighted by molar-refractivity contribution is 6.10. The molecule has 0 aliphatic carbocycles. The lowest BCUT2D eigenvalue weighted by atomic mass is 9.78. The lowest BCUT2D eigenvalue weighted by Gasteiger charge is -2.30. The number of carbonyl (C=O) groups excluding carboxylic acids is 1. The molecule has 0 aromatic carbocycles. The first-order valence-electron chi connectivity index (χ1n) is 4.60. The van der Waals surface area contributed by atoms with Crippen LogP contribution in [0, 0.1) is 5.92 Å². The molecule has 0 amide bonds. The van der Waals surface area contributed by atoms with Crippen molar-refractivity contribution in [2.45, 2.75) is 38.8 Å². The van der Waals surface area contributed by atoms with E-state index in [1.165, 1.54) is 6.92 Å². The van der Waals surface area contributed by atoms with Gasteiger partial charge in [-0.15, -0.1) is 0 Å². The predicted molar refractivity (Wildman–Crippen MR) is 52.7 cm³/mol. The fraction of sp³-hybridized carbons (Fsp3) is 0.778. The molecule has 0 saturated heterocycles. The third kappa shape index (κ3) is 2.10. The lowest BCUT2D eigenvalue weighted by Crippen LogP contribution is -2.63. The Hall–Kier alpha value is -0.940. The van der Waals surface area contributed by atoms with Gasteiger partial charge in [-0.3, -0.25) is 4.79 Å². The van der Waals surface area contributed by atoms with Crippen LogP contribution < -0.4 is 11.5 Å². The zero-order valence-electron chi connectivity index (χ0n) is 8.78. The number of nitrogens with two attached hydrogens (primary N) is 2. The molecule has 0 radical (unpaired) electrons. The summed E-state index contributed by atoms with van der Waals surface area (Å²) in [5.74, 6) is -2.37. The summed E-state index contributed by atoms with van der Waals surface area (Å²) >= 11 is 0. The van der Waals surface area contributed by atoms with Gasteiger partial charge >= 0.3 is 5.97 Å². The number of hydrogen-bond acceptors (Lipinski definition) is 4. The molecule has 0 aromatic rings. The number of ketones is 1. The van der Waals surface area contributed by atoms with Gasteiger partial charge in [-0.05, 0) is 12.8 Å². The Kier molecular flexibility index (Phi) is 4.22. The van der Waals surface area contributed by atoms with Gasteiger partial charge in [0.25, 0.3) is 0 Å². The lowest BCUT2D eigenvalue weighted by molar-refractivity contribution is -0.151. The summed E-state index contributed by atoms with van der Waals surface area (Å²) in [6, 6.07) is -0.856. The monoisotopic (exact) mass is 202 g/mol. The molecule has 5 N–H and O–H groups in total. The van der Waals surface area contributed by atoms with Gasteiger partial charge in [0.05, 0.1) is 6.04 Å². The molecule has 5 nitrogen and oxygen atoms in total. The minimum absolute atomic E-state index is 0.432. The Morgan fingerprint density at radius 1 is 1.43 bits per heavy atom. The van der Waals surface area contributed by atoms with Gasteiger partial charge in [-0.25, -0.2) is 4.79 Å². The van der Waals surface area contributed by atoms with Crippen LogP contribution in [0.1, 0.15) is 27.2 Å². The Morgan fingerprint density at radius 3 is 2.07 bits per heavy atom. The maximum absolute atomic E-state index is 11.6. The number of aliphatic carboxylic acids is 1. The Labute approximate surface area is 83.5 Å². The number of hydrogen-bond donors (Lipinski definition) is 3. The number of Topliss-reactive ketones (excluding diaryl/α,β-unsaturated/α-hetero) is 1. The topological polar surface area (TPSA) is 106 Å². The highest BCUT2D eigenvalue weighted by atomic mass is 16.4. The second kappa shape index (κ2) is 4.52.